The molecule has 0 aromatic carbocycles. The van der Waals surface area contributed by atoms with Gasteiger partial charge in [0.15, 0.2) is 0 Å². The number of rotatable bonds is 4. The highest BCUT2D eigenvalue weighted by molar-refractivity contribution is 6.29. The van der Waals surface area contributed by atoms with Crippen molar-refractivity contribution in [3.05, 3.63) is 17.5 Å². The highest BCUT2D eigenvalue weighted by atomic mass is 35.5. The third-order valence-corrected chi connectivity index (χ3v) is 1.73. The third kappa shape index (κ3) is 4.46. The molecule has 0 aliphatic rings. The highest BCUT2D eigenvalue weighted by Gasteiger charge is 1.96. The van der Waals surface area contributed by atoms with E-state index in [0.717, 1.165) is 0 Å². The van der Waals surface area contributed by atoms with Gasteiger partial charge in [-0.2, -0.15) is 0 Å². The van der Waals surface area contributed by atoms with Gasteiger partial charge in [-0.3, -0.25) is 4.98 Å². The monoisotopic (exact) mass is 229 g/mol. The number of carbonyl (C=O) groups excluding carboxylic acids is 1. The number of halogens is 1. The number of anilines is 1. The Bertz CT molecular complexity index is 333. The van der Waals surface area contributed by atoms with Gasteiger partial charge in [0.2, 0.25) is 0 Å². The number of nitrogens with zero attached hydrogens (tertiary/aromatic N) is 2. The van der Waals surface area contributed by atoms with Crippen LogP contribution in [0, 0.1) is 0 Å². The van der Waals surface area contributed by atoms with E-state index in [2.05, 4.69) is 25.9 Å². The van der Waals surface area contributed by atoms with E-state index in [-0.39, 0.29) is 6.03 Å². The first-order valence-corrected chi connectivity index (χ1v) is 4.77. The molecule has 2 amide bonds. The smallest absolute Gasteiger partial charge is 0.314 e. The van der Waals surface area contributed by atoms with Crippen molar-refractivity contribution in [2.45, 2.75) is 0 Å². The summed E-state index contributed by atoms with van der Waals surface area (Å²) in [6.45, 7) is 1.05. The Morgan fingerprint density at radius 2 is 2.27 bits per heavy atom. The fourth-order valence-corrected chi connectivity index (χ4v) is 1.03. The van der Waals surface area contributed by atoms with E-state index in [1.165, 1.54) is 6.20 Å². The lowest BCUT2D eigenvalue weighted by atomic mass is 10.5. The summed E-state index contributed by atoms with van der Waals surface area (Å²) in [7, 11) is 1.56. The second-order valence-electron chi connectivity index (χ2n) is 2.66. The predicted molar refractivity (Wildman–Crippen MR) is 58.0 cm³/mol. The van der Waals surface area contributed by atoms with Gasteiger partial charge in [-0.1, -0.05) is 11.6 Å². The van der Waals surface area contributed by atoms with Crippen LogP contribution in [-0.4, -0.2) is 36.1 Å². The van der Waals surface area contributed by atoms with Crippen LogP contribution in [0.25, 0.3) is 0 Å². The normalized spacial score (nSPS) is 9.47. The van der Waals surface area contributed by atoms with Gasteiger partial charge < -0.3 is 16.0 Å². The van der Waals surface area contributed by atoms with Crippen LogP contribution in [0.2, 0.25) is 5.15 Å². The van der Waals surface area contributed by atoms with Gasteiger partial charge >= 0.3 is 6.03 Å². The standard InChI is InChI=1S/C8H12ClN5O/c1-10-8(15)13-3-2-12-7-5-11-4-6(9)14-7/h4-5H,2-3H2,1H3,(H,12,14)(H2,10,13,15). The van der Waals surface area contributed by atoms with Crippen molar-refractivity contribution in [3.8, 4) is 0 Å². The highest BCUT2D eigenvalue weighted by Crippen LogP contribution is 2.05. The minimum Gasteiger partial charge on any atom is -0.367 e. The minimum absolute atomic E-state index is 0.214. The summed E-state index contributed by atoms with van der Waals surface area (Å²) in [6.07, 6.45) is 3.02. The number of urea groups is 1. The van der Waals surface area contributed by atoms with Crippen molar-refractivity contribution in [3.63, 3.8) is 0 Å². The van der Waals surface area contributed by atoms with Crippen molar-refractivity contribution in [1.82, 2.24) is 20.6 Å². The van der Waals surface area contributed by atoms with Gasteiger partial charge in [0, 0.05) is 20.1 Å². The van der Waals surface area contributed by atoms with Crippen LogP contribution in [0.4, 0.5) is 10.6 Å². The average molecular weight is 230 g/mol. The number of amides is 2. The van der Waals surface area contributed by atoms with Crippen molar-refractivity contribution in [2.75, 3.05) is 25.5 Å². The molecule has 82 valence electrons. The molecule has 0 unspecified atom stereocenters. The Morgan fingerprint density at radius 3 is 2.93 bits per heavy atom. The van der Waals surface area contributed by atoms with Crippen molar-refractivity contribution in [2.24, 2.45) is 0 Å². The Morgan fingerprint density at radius 1 is 1.47 bits per heavy atom. The molecular weight excluding hydrogens is 218 g/mol. The summed E-state index contributed by atoms with van der Waals surface area (Å²) in [5, 5.41) is 8.37. The Hall–Kier alpha value is -1.56. The number of hydrogen-bond donors (Lipinski definition) is 3. The zero-order chi connectivity index (χ0) is 11.1. The van der Waals surface area contributed by atoms with Crippen LogP contribution < -0.4 is 16.0 Å². The fraction of sp³-hybridized carbons (Fsp3) is 0.375. The molecule has 0 fully saturated rings. The van der Waals surface area contributed by atoms with Crippen LogP contribution in [0.1, 0.15) is 0 Å². The number of nitrogens with one attached hydrogen (secondary N) is 3. The zero-order valence-corrected chi connectivity index (χ0v) is 9.01. The molecule has 6 nitrogen and oxygen atoms in total. The van der Waals surface area contributed by atoms with Crippen LogP contribution in [0.5, 0.6) is 0 Å². The summed E-state index contributed by atoms with van der Waals surface area (Å²) in [5.41, 5.74) is 0. The van der Waals surface area contributed by atoms with Crippen LogP contribution in [0.3, 0.4) is 0 Å². The molecule has 0 radical (unpaired) electrons. The molecule has 0 bridgehead atoms. The summed E-state index contributed by atoms with van der Waals surface area (Å²) in [6, 6.07) is -0.214. The lowest BCUT2D eigenvalue weighted by Crippen LogP contribution is -2.35. The van der Waals surface area contributed by atoms with Gasteiger partial charge in [0.1, 0.15) is 11.0 Å². The quantitative estimate of drug-likeness (QED) is 0.656. The minimum atomic E-state index is -0.214. The van der Waals surface area contributed by atoms with Crippen molar-refractivity contribution in [1.29, 1.82) is 0 Å². The summed E-state index contributed by atoms with van der Waals surface area (Å²) in [4.78, 5) is 18.6. The van der Waals surface area contributed by atoms with E-state index in [9.17, 15) is 4.79 Å². The maximum atomic E-state index is 10.8. The number of carbonyl (C=O) groups is 1. The van der Waals surface area contributed by atoms with Gasteiger partial charge in [0.05, 0.1) is 12.4 Å². The van der Waals surface area contributed by atoms with Crippen LogP contribution >= 0.6 is 11.6 Å². The van der Waals surface area contributed by atoms with Crippen LogP contribution in [-0.2, 0) is 0 Å². The van der Waals surface area contributed by atoms with E-state index in [0.29, 0.717) is 24.1 Å². The first-order chi connectivity index (χ1) is 7.22. The first kappa shape index (κ1) is 11.5. The molecule has 0 saturated carbocycles. The molecule has 1 rings (SSSR count). The Labute approximate surface area is 92.4 Å². The fourth-order valence-electron chi connectivity index (χ4n) is 0.882. The summed E-state index contributed by atoms with van der Waals surface area (Å²) >= 11 is 5.64. The molecule has 0 aliphatic heterocycles. The summed E-state index contributed by atoms with van der Waals surface area (Å²) in [5.74, 6) is 0.584. The predicted octanol–water partition coefficient (Wildman–Crippen LogP) is 0.471. The molecule has 3 N–H and O–H groups in total. The van der Waals surface area contributed by atoms with Gasteiger partial charge in [-0.05, 0) is 0 Å². The first-order valence-electron chi connectivity index (χ1n) is 4.39. The number of aromatic nitrogens is 2. The molecule has 7 heteroatoms. The molecule has 0 spiro atoms. The molecule has 1 heterocycles. The molecule has 15 heavy (non-hydrogen) atoms. The van der Waals surface area contributed by atoms with Crippen molar-refractivity contribution < 1.29 is 4.79 Å². The lowest BCUT2D eigenvalue weighted by molar-refractivity contribution is 0.243. The SMILES string of the molecule is CNC(=O)NCCNc1cncc(Cl)n1. The second-order valence-corrected chi connectivity index (χ2v) is 3.05. The van der Waals surface area contributed by atoms with E-state index in [1.807, 2.05) is 0 Å². The Balaban J connectivity index is 2.23. The topological polar surface area (TPSA) is 78.9 Å². The molecule has 1 aromatic rings. The molecule has 1 aromatic heterocycles. The van der Waals surface area contributed by atoms with Gasteiger partial charge in [0.25, 0.3) is 0 Å². The third-order valence-electron chi connectivity index (χ3n) is 1.55. The maximum Gasteiger partial charge on any atom is 0.314 e. The average Bonchev–Trinajstić information content (AvgIpc) is 2.24. The number of hydrogen-bond acceptors (Lipinski definition) is 4. The molecule has 0 saturated heterocycles. The van der Waals surface area contributed by atoms with E-state index >= 15 is 0 Å². The van der Waals surface area contributed by atoms with E-state index in [1.54, 1.807) is 13.2 Å². The zero-order valence-electron chi connectivity index (χ0n) is 8.25. The second kappa shape index (κ2) is 6.02. The molecular formula is C8H12ClN5O. The van der Waals surface area contributed by atoms with Gasteiger partial charge in [-0.15, -0.1) is 0 Å². The van der Waals surface area contributed by atoms with Gasteiger partial charge in [-0.25, -0.2) is 9.78 Å². The van der Waals surface area contributed by atoms with E-state index < -0.39 is 0 Å². The maximum absolute atomic E-state index is 10.8. The van der Waals surface area contributed by atoms with Crippen LogP contribution in [0.15, 0.2) is 12.4 Å². The Kier molecular flexibility index (Phi) is 4.62. The lowest BCUT2D eigenvalue weighted by Gasteiger charge is -2.06. The summed E-state index contributed by atoms with van der Waals surface area (Å²) < 4.78 is 0. The molecule has 0 aliphatic carbocycles. The molecule has 0 atom stereocenters. The van der Waals surface area contributed by atoms with E-state index in [4.69, 9.17) is 11.6 Å². The largest absolute Gasteiger partial charge is 0.367 e. The van der Waals surface area contributed by atoms with Crippen molar-refractivity contribution >= 4 is 23.4 Å².